The smallest absolute Gasteiger partial charge is 0.251 e. The van der Waals surface area contributed by atoms with E-state index in [0.29, 0.717) is 30.1 Å². The Morgan fingerprint density at radius 2 is 1.50 bits per heavy atom. The van der Waals surface area contributed by atoms with E-state index in [-0.39, 0.29) is 15.6 Å². The number of aromatic nitrogens is 1. The fourth-order valence-electron chi connectivity index (χ4n) is 4.20. The van der Waals surface area contributed by atoms with Crippen LogP contribution in [0.3, 0.4) is 0 Å². The molecule has 40 heavy (non-hydrogen) atoms. The molecule has 9 heteroatoms. The Morgan fingerprint density at radius 3 is 2.00 bits per heavy atom. The van der Waals surface area contributed by atoms with Crippen molar-refractivity contribution >= 4 is 16.6 Å². The van der Waals surface area contributed by atoms with Gasteiger partial charge in [-0.3, -0.25) is 4.79 Å². The fraction of sp³-hybridized carbons (Fsp3) is 0.613. The second-order valence-electron chi connectivity index (χ2n) is 14.6. The third-order valence-corrected chi connectivity index (χ3v) is 18.1. The Kier molecular flexibility index (Phi) is 8.78. The molecule has 0 saturated heterocycles. The lowest BCUT2D eigenvalue weighted by Crippen LogP contribution is -2.52. The first-order chi connectivity index (χ1) is 18.1. The van der Waals surface area contributed by atoms with Gasteiger partial charge in [0.15, 0.2) is 16.6 Å². The van der Waals surface area contributed by atoms with E-state index in [9.17, 15) is 15.2 Å². The van der Waals surface area contributed by atoms with Crippen molar-refractivity contribution in [3.8, 4) is 11.8 Å². The lowest BCUT2D eigenvalue weighted by atomic mass is 9.85. The van der Waals surface area contributed by atoms with E-state index in [2.05, 4.69) is 73.8 Å². The van der Waals surface area contributed by atoms with Gasteiger partial charge in [-0.05, 0) is 79.4 Å². The van der Waals surface area contributed by atoms with Crippen molar-refractivity contribution < 1.29 is 18.7 Å². The highest BCUT2D eigenvalue weighted by Crippen LogP contribution is 2.43. The van der Waals surface area contributed by atoms with Crippen LogP contribution >= 0.6 is 0 Å². The van der Waals surface area contributed by atoms with Gasteiger partial charge in [-0.1, -0.05) is 41.5 Å². The van der Waals surface area contributed by atoms with E-state index in [1.807, 2.05) is 6.20 Å². The molecule has 0 spiro atoms. The summed E-state index contributed by atoms with van der Waals surface area (Å²) < 4.78 is 20.9. The Hall–Kier alpha value is -2.23. The first-order valence-corrected chi connectivity index (χ1v) is 19.9. The van der Waals surface area contributed by atoms with Gasteiger partial charge in [0, 0.05) is 17.8 Å². The van der Waals surface area contributed by atoms with Crippen LogP contribution in [0.1, 0.15) is 83.7 Å². The van der Waals surface area contributed by atoms with E-state index in [4.69, 9.17) is 13.6 Å². The molecule has 0 fully saturated rings. The zero-order valence-corrected chi connectivity index (χ0v) is 28.4. The molecule has 1 aromatic heterocycles. The maximum atomic E-state index is 13.8. The van der Waals surface area contributed by atoms with Crippen LogP contribution in [0.2, 0.25) is 36.3 Å². The van der Waals surface area contributed by atoms with Crippen molar-refractivity contribution in [2.24, 2.45) is 0 Å². The molecule has 0 radical (unpaired) electrons. The molecule has 220 valence electrons. The zero-order valence-electron chi connectivity index (χ0n) is 26.4. The molecule has 2 atom stereocenters. The van der Waals surface area contributed by atoms with Crippen LogP contribution in [-0.2, 0) is 22.1 Å². The summed E-state index contributed by atoms with van der Waals surface area (Å²) in [6, 6.07) is 8.18. The normalized spacial score (nSPS) is 19.5. The second-order valence-corrected chi connectivity index (χ2v) is 24.2. The lowest BCUT2D eigenvalue weighted by molar-refractivity contribution is -0.0643. The first kappa shape index (κ1) is 32.3. The van der Waals surface area contributed by atoms with Crippen molar-refractivity contribution in [1.29, 1.82) is 5.26 Å². The zero-order chi connectivity index (χ0) is 30.5. The third-order valence-electron chi connectivity index (χ3n) is 9.19. The minimum atomic E-state index is -2.10. The Morgan fingerprint density at radius 1 is 0.975 bits per heavy atom. The number of hydrogen-bond acceptors (Lipinski definition) is 6. The van der Waals surface area contributed by atoms with Gasteiger partial charge in [0.1, 0.15) is 17.5 Å². The van der Waals surface area contributed by atoms with Gasteiger partial charge in [-0.15, -0.1) is 0 Å². The van der Waals surface area contributed by atoms with Crippen LogP contribution in [0.5, 0.6) is 5.75 Å². The predicted octanol–water partition coefficient (Wildman–Crippen LogP) is 6.88. The number of aliphatic hydroxyl groups is 1. The summed E-state index contributed by atoms with van der Waals surface area (Å²) in [4.78, 5) is 13.8. The van der Waals surface area contributed by atoms with Gasteiger partial charge in [0.2, 0.25) is 0 Å². The number of fused-ring (bicyclic) bond motifs is 1. The summed E-state index contributed by atoms with van der Waals surface area (Å²) in [5.41, 5.74) is 1.50. The van der Waals surface area contributed by atoms with Crippen LogP contribution in [0.15, 0.2) is 35.3 Å². The fourth-order valence-corrected chi connectivity index (χ4v) is 6.10. The molecule has 1 aliphatic heterocycles. The molecule has 1 aliphatic rings. The SMILES string of the molecule is CC1(C)Oc2ccc(C#N)cc2[C@@H](n2cc(CO[Si](C)(C)C(C)(C)C)c(CO[Si](C)(C)C(C)(C)C)cc2=O)[C@@H]1O. The number of rotatable bonds is 7. The van der Waals surface area contributed by atoms with Crippen molar-refractivity contribution in [1.82, 2.24) is 4.57 Å². The highest BCUT2D eigenvalue weighted by molar-refractivity contribution is 6.74. The quantitative estimate of drug-likeness (QED) is 0.356. The van der Waals surface area contributed by atoms with Crippen LogP contribution in [0.25, 0.3) is 0 Å². The van der Waals surface area contributed by atoms with Crippen LogP contribution in [-0.4, -0.2) is 38.0 Å². The van der Waals surface area contributed by atoms with Gasteiger partial charge < -0.3 is 23.3 Å². The van der Waals surface area contributed by atoms with E-state index < -0.39 is 34.4 Å². The number of aliphatic hydroxyl groups excluding tert-OH is 1. The van der Waals surface area contributed by atoms with E-state index in [0.717, 1.165) is 11.1 Å². The molecular formula is C31H48N2O5Si2. The molecule has 0 bridgehead atoms. The molecule has 7 nitrogen and oxygen atoms in total. The summed E-state index contributed by atoms with van der Waals surface area (Å²) in [5.74, 6) is 0.551. The summed E-state index contributed by atoms with van der Waals surface area (Å²) in [7, 11) is -4.18. The van der Waals surface area contributed by atoms with Crippen LogP contribution < -0.4 is 10.3 Å². The Labute approximate surface area is 242 Å². The molecule has 0 unspecified atom stereocenters. The van der Waals surface area contributed by atoms with Gasteiger partial charge in [-0.25, -0.2) is 0 Å². The molecule has 0 aliphatic carbocycles. The van der Waals surface area contributed by atoms with Crippen LogP contribution in [0, 0.1) is 11.3 Å². The third kappa shape index (κ3) is 6.47. The van der Waals surface area contributed by atoms with Crippen LogP contribution in [0.4, 0.5) is 0 Å². The average Bonchev–Trinajstić information content (AvgIpc) is 2.81. The van der Waals surface area contributed by atoms with Crippen molar-refractivity contribution in [2.75, 3.05) is 0 Å². The number of nitrogens with zero attached hydrogens (tertiary/aromatic N) is 2. The predicted molar refractivity (Wildman–Crippen MR) is 165 cm³/mol. The highest BCUT2D eigenvalue weighted by Gasteiger charge is 2.45. The molecule has 0 saturated carbocycles. The topological polar surface area (TPSA) is 93.7 Å². The standard InChI is InChI=1S/C31H48N2O5Si2/c1-29(2,3)39(9,10)36-19-22-16-26(34)33(18-23(22)20-37-40(11,12)30(4,5)6)27-24-15-21(17-32)13-14-25(24)38-31(7,8)28(27)35/h13-16,18,27-28,35H,19-20H2,1-12H3/t27-,28+/m1/s1. The minimum Gasteiger partial charge on any atom is -0.485 e. The van der Waals surface area contributed by atoms with Crippen molar-refractivity contribution in [3.05, 3.63) is 63.1 Å². The molecule has 3 rings (SSSR count). The maximum absolute atomic E-state index is 13.8. The number of pyridine rings is 1. The van der Waals surface area contributed by atoms with Crippen molar-refractivity contribution in [3.63, 3.8) is 0 Å². The summed E-state index contributed by atoms with van der Waals surface area (Å²) in [6.07, 6.45) is 0.785. The average molecular weight is 585 g/mol. The van der Waals surface area contributed by atoms with Gasteiger partial charge >= 0.3 is 0 Å². The van der Waals surface area contributed by atoms with Gasteiger partial charge in [-0.2, -0.15) is 5.26 Å². The monoisotopic (exact) mass is 584 g/mol. The van der Waals surface area contributed by atoms with E-state index in [1.165, 1.54) is 0 Å². The number of nitriles is 1. The molecule has 0 amide bonds. The molecule has 2 aromatic rings. The summed E-state index contributed by atoms with van der Waals surface area (Å²) in [5, 5.41) is 21.1. The maximum Gasteiger partial charge on any atom is 0.251 e. The Balaban J connectivity index is 2.16. The first-order valence-electron chi connectivity index (χ1n) is 14.0. The largest absolute Gasteiger partial charge is 0.485 e. The number of benzene rings is 1. The minimum absolute atomic E-state index is 0.0206. The lowest BCUT2D eigenvalue weighted by Gasteiger charge is -2.43. The second kappa shape index (κ2) is 10.9. The number of hydrogen-bond donors (Lipinski definition) is 1. The molecular weight excluding hydrogens is 537 g/mol. The Bertz CT molecular complexity index is 1340. The van der Waals surface area contributed by atoms with E-state index in [1.54, 1.807) is 42.7 Å². The van der Waals surface area contributed by atoms with Crippen molar-refractivity contribution in [2.45, 2.75) is 123 Å². The number of ether oxygens (including phenoxy) is 1. The highest BCUT2D eigenvalue weighted by atomic mass is 28.4. The van der Waals surface area contributed by atoms with Gasteiger partial charge in [0.25, 0.3) is 5.56 Å². The summed E-state index contributed by atoms with van der Waals surface area (Å²) >= 11 is 0. The summed E-state index contributed by atoms with van der Waals surface area (Å²) in [6.45, 7) is 26.3. The molecule has 1 N–H and O–H groups in total. The van der Waals surface area contributed by atoms with E-state index >= 15 is 0 Å². The molecule has 1 aromatic carbocycles. The molecule has 2 heterocycles. The van der Waals surface area contributed by atoms with Gasteiger partial charge in [0.05, 0.1) is 30.9 Å².